The third kappa shape index (κ3) is 2.51. The van der Waals surface area contributed by atoms with Crippen LogP contribution in [0.1, 0.15) is 57.2 Å². The van der Waals surface area contributed by atoms with Gasteiger partial charge in [0.1, 0.15) is 0 Å². The molecule has 0 heterocycles. The van der Waals surface area contributed by atoms with Gasteiger partial charge in [-0.3, -0.25) is 0 Å². The summed E-state index contributed by atoms with van der Waals surface area (Å²) >= 11 is 0. The van der Waals surface area contributed by atoms with Gasteiger partial charge in [0, 0.05) is 0 Å². The van der Waals surface area contributed by atoms with Crippen molar-refractivity contribution in [2.45, 2.75) is 58.3 Å². The molecule has 0 aliphatic heterocycles. The van der Waals surface area contributed by atoms with Crippen molar-refractivity contribution in [1.82, 2.24) is 0 Å². The van der Waals surface area contributed by atoms with Crippen LogP contribution >= 0.6 is 0 Å². The summed E-state index contributed by atoms with van der Waals surface area (Å²) in [5.74, 6) is 0. The van der Waals surface area contributed by atoms with Gasteiger partial charge >= 0.3 is 0 Å². The lowest BCUT2D eigenvalue weighted by Gasteiger charge is -2.44. The van der Waals surface area contributed by atoms with E-state index in [4.69, 9.17) is 0 Å². The standard InChI is InChI=1S/C25H28/c1-17-13-14-21(20-12-8-10-18-9-6-7-11-19(18)20)23-22(17)24(2,3)15-16-25(23,4)5/h6-14H,15-16H2,1-5H3. The summed E-state index contributed by atoms with van der Waals surface area (Å²) in [6, 6.07) is 20.2. The largest absolute Gasteiger partial charge is 0.0616 e. The number of hydrogen-bond donors (Lipinski definition) is 0. The van der Waals surface area contributed by atoms with Crippen LogP contribution in [-0.4, -0.2) is 0 Å². The molecule has 0 bridgehead atoms. The summed E-state index contributed by atoms with van der Waals surface area (Å²) in [5.41, 5.74) is 7.85. The Balaban J connectivity index is 2.11. The fraction of sp³-hybridized carbons (Fsp3) is 0.360. The predicted octanol–water partition coefficient (Wildman–Crippen LogP) is 7.16. The fourth-order valence-electron chi connectivity index (χ4n) is 4.84. The topological polar surface area (TPSA) is 0 Å². The summed E-state index contributed by atoms with van der Waals surface area (Å²) in [6.07, 6.45) is 2.50. The summed E-state index contributed by atoms with van der Waals surface area (Å²) in [5, 5.41) is 2.68. The third-order valence-electron chi connectivity index (χ3n) is 6.22. The number of fused-ring (bicyclic) bond motifs is 2. The van der Waals surface area contributed by atoms with Crippen molar-refractivity contribution in [3.8, 4) is 11.1 Å². The van der Waals surface area contributed by atoms with Gasteiger partial charge in [-0.1, -0.05) is 82.3 Å². The monoisotopic (exact) mass is 328 g/mol. The van der Waals surface area contributed by atoms with E-state index < -0.39 is 0 Å². The molecule has 0 radical (unpaired) electrons. The molecule has 0 atom stereocenters. The Morgan fingerprint density at radius 1 is 0.640 bits per heavy atom. The zero-order chi connectivity index (χ0) is 17.8. The molecular weight excluding hydrogens is 300 g/mol. The summed E-state index contributed by atoms with van der Waals surface area (Å²) in [4.78, 5) is 0. The second-order valence-corrected chi connectivity index (χ2v) is 8.97. The van der Waals surface area contributed by atoms with Crippen molar-refractivity contribution >= 4 is 10.8 Å². The molecule has 1 aliphatic rings. The maximum absolute atomic E-state index is 2.43. The zero-order valence-corrected chi connectivity index (χ0v) is 16.1. The van der Waals surface area contributed by atoms with Crippen LogP contribution in [0.4, 0.5) is 0 Å². The van der Waals surface area contributed by atoms with Crippen LogP contribution in [0, 0.1) is 6.92 Å². The maximum Gasteiger partial charge on any atom is -0.00940 e. The van der Waals surface area contributed by atoms with Crippen LogP contribution in [0.25, 0.3) is 21.9 Å². The first-order valence-corrected chi connectivity index (χ1v) is 9.44. The van der Waals surface area contributed by atoms with Gasteiger partial charge in [-0.05, 0) is 69.2 Å². The average Bonchev–Trinajstić information content (AvgIpc) is 2.58. The van der Waals surface area contributed by atoms with E-state index in [0.29, 0.717) is 0 Å². The molecule has 0 N–H and O–H groups in total. The second-order valence-electron chi connectivity index (χ2n) is 8.97. The smallest absolute Gasteiger partial charge is 0.00940 e. The van der Waals surface area contributed by atoms with Crippen LogP contribution in [0.5, 0.6) is 0 Å². The molecule has 1 aliphatic carbocycles. The van der Waals surface area contributed by atoms with Crippen molar-refractivity contribution in [1.29, 1.82) is 0 Å². The second kappa shape index (κ2) is 5.46. The van der Waals surface area contributed by atoms with E-state index in [9.17, 15) is 0 Å². The van der Waals surface area contributed by atoms with Gasteiger partial charge in [0.05, 0.1) is 0 Å². The number of aryl methyl sites for hydroxylation is 1. The first-order chi connectivity index (χ1) is 11.8. The Morgan fingerprint density at radius 2 is 1.28 bits per heavy atom. The molecular formula is C25H28. The van der Waals surface area contributed by atoms with Crippen LogP contribution in [-0.2, 0) is 10.8 Å². The van der Waals surface area contributed by atoms with Gasteiger partial charge in [-0.2, -0.15) is 0 Å². The first-order valence-electron chi connectivity index (χ1n) is 9.44. The highest BCUT2D eigenvalue weighted by Gasteiger charge is 2.39. The van der Waals surface area contributed by atoms with Gasteiger partial charge in [-0.25, -0.2) is 0 Å². The SMILES string of the molecule is Cc1ccc(-c2cccc3ccccc23)c2c1C(C)(C)CCC2(C)C. The molecule has 0 spiro atoms. The predicted molar refractivity (Wildman–Crippen MR) is 109 cm³/mol. The number of hydrogen-bond acceptors (Lipinski definition) is 0. The molecule has 3 aromatic rings. The molecule has 25 heavy (non-hydrogen) atoms. The Labute approximate surface area is 151 Å². The first kappa shape index (κ1) is 16.4. The molecule has 0 unspecified atom stereocenters. The Bertz CT molecular complexity index is 952. The van der Waals surface area contributed by atoms with Gasteiger partial charge in [-0.15, -0.1) is 0 Å². The van der Waals surface area contributed by atoms with Gasteiger partial charge < -0.3 is 0 Å². The molecule has 3 aromatic carbocycles. The number of benzene rings is 3. The lowest BCUT2D eigenvalue weighted by molar-refractivity contribution is 0.331. The van der Waals surface area contributed by atoms with Crippen molar-refractivity contribution in [2.75, 3.05) is 0 Å². The molecule has 0 amide bonds. The van der Waals surface area contributed by atoms with Crippen LogP contribution in [0.2, 0.25) is 0 Å². The van der Waals surface area contributed by atoms with E-state index in [1.54, 1.807) is 11.1 Å². The molecule has 0 saturated heterocycles. The molecule has 4 rings (SSSR count). The maximum atomic E-state index is 2.43. The highest BCUT2D eigenvalue weighted by Crippen LogP contribution is 2.51. The van der Waals surface area contributed by atoms with E-state index in [0.717, 1.165) is 0 Å². The van der Waals surface area contributed by atoms with Crippen LogP contribution < -0.4 is 0 Å². The molecule has 0 saturated carbocycles. The van der Waals surface area contributed by atoms with Gasteiger partial charge in [0.2, 0.25) is 0 Å². The van der Waals surface area contributed by atoms with E-state index in [1.807, 2.05) is 0 Å². The zero-order valence-electron chi connectivity index (χ0n) is 16.1. The lowest BCUT2D eigenvalue weighted by atomic mass is 9.60. The lowest BCUT2D eigenvalue weighted by Crippen LogP contribution is -2.35. The van der Waals surface area contributed by atoms with Crippen LogP contribution in [0.3, 0.4) is 0 Å². The molecule has 0 nitrogen and oxygen atoms in total. The molecule has 128 valence electrons. The van der Waals surface area contributed by atoms with Gasteiger partial charge in [0.15, 0.2) is 0 Å². The van der Waals surface area contributed by atoms with Crippen molar-refractivity contribution < 1.29 is 0 Å². The van der Waals surface area contributed by atoms with Gasteiger partial charge in [0.25, 0.3) is 0 Å². The quantitative estimate of drug-likeness (QED) is 0.444. The highest BCUT2D eigenvalue weighted by atomic mass is 14.4. The minimum Gasteiger partial charge on any atom is -0.0616 e. The summed E-state index contributed by atoms with van der Waals surface area (Å²) in [6.45, 7) is 12.0. The molecule has 0 fully saturated rings. The summed E-state index contributed by atoms with van der Waals surface area (Å²) < 4.78 is 0. The number of rotatable bonds is 1. The van der Waals surface area contributed by atoms with E-state index in [2.05, 4.69) is 89.2 Å². The van der Waals surface area contributed by atoms with Crippen LogP contribution in [0.15, 0.2) is 54.6 Å². The van der Waals surface area contributed by atoms with E-state index >= 15 is 0 Å². The fourth-order valence-corrected chi connectivity index (χ4v) is 4.84. The Morgan fingerprint density at radius 3 is 2.04 bits per heavy atom. The Hall–Kier alpha value is -2.08. The summed E-state index contributed by atoms with van der Waals surface area (Å²) in [7, 11) is 0. The van der Waals surface area contributed by atoms with E-state index in [-0.39, 0.29) is 10.8 Å². The molecule has 0 aromatic heterocycles. The molecule has 0 heteroatoms. The minimum absolute atomic E-state index is 0.211. The highest BCUT2D eigenvalue weighted by molar-refractivity contribution is 5.97. The van der Waals surface area contributed by atoms with Crippen molar-refractivity contribution in [3.05, 3.63) is 71.3 Å². The van der Waals surface area contributed by atoms with Crippen molar-refractivity contribution in [3.63, 3.8) is 0 Å². The van der Waals surface area contributed by atoms with Crippen molar-refractivity contribution in [2.24, 2.45) is 0 Å². The normalized spacial score (nSPS) is 18.1. The average molecular weight is 328 g/mol. The minimum atomic E-state index is 0.211. The third-order valence-corrected chi connectivity index (χ3v) is 6.22. The Kier molecular flexibility index (Phi) is 3.58. The van der Waals surface area contributed by atoms with E-state index in [1.165, 1.54) is 40.3 Å².